The molecule has 0 saturated carbocycles. The minimum atomic E-state index is 0.396. The number of anilines is 1. The molecule has 0 aliphatic carbocycles. The molecule has 0 radical (unpaired) electrons. The van der Waals surface area contributed by atoms with Crippen LogP contribution >= 0.6 is 0 Å². The normalized spacial score (nSPS) is 8.00. The van der Waals surface area contributed by atoms with Crippen LogP contribution in [-0.2, 0) is 0 Å². The maximum atomic E-state index is 7.80. The fourth-order valence-electron chi connectivity index (χ4n) is 0.329. The zero-order valence-corrected chi connectivity index (χ0v) is 4.31. The number of nitrogens with zero attached hydrogens (tertiary/aromatic N) is 5. The fraction of sp³-hybridized carbons (Fsp3) is 0. The Labute approximate surface area is 49.7 Å². The van der Waals surface area contributed by atoms with Crippen LogP contribution in [0.5, 0.6) is 0 Å². The third-order valence-corrected chi connectivity index (χ3v) is 0.624. The number of aromatic nitrogens is 3. The van der Waals surface area contributed by atoms with Gasteiger partial charge in [-0.2, -0.15) is 15.2 Å². The molecule has 7 nitrogen and oxygen atoms in total. The first-order valence-corrected chi connectivity index (χ1v) is 2.09. The van der Waals surface area contributed by atoms with Gasteiger partial charge in [0.15, 0.2) is 0 Å². The molecule has 1 heterocycles. The first kappa shape index (κ1) is 5.39. The number of nitrogens with one attached hydrogen (secondary N) is 2. The van der Waals surface area contributed by atoms with Crippen LogP contribution in [0.25, 0.3) is 10.4 Å². The first-order chi connectivity index (χ1) is 4.43. The molecular formula is C2H3N7. The van der Waals surface area contributed by atoms with Gasteiger partial charge < -0.3 is 0 Å². The summed E-state index contributed by atoms with van der Waals surface area (Å²) in [6.07, 6.45) is 1.40. The highest BCUT2D eigenvalue weighted by Gasteiger charge is 1.91. The summed E-state index contributed by atoms with van der Waals surface area (Å²) in [5.74, 6) is 0.396. The molecule has 0 aromatic carbocycles. The van der Waals surface area contributed by atoms with E-state index in [0.29, 0.717) is 5.82 Å². The topological polar surface area (TPSA) is 102 Å². The molecule has 0 spiro atoms. The van der Waals surface area contributed by atoms with Gasteiger partial charge in [-0.25, -0.2) is 5.43 Å². The van der Waals surface area contributed by atoms with Crippen LogP contribution in [0.4, 0.5) is 5.82 Å². The van der Waals surface area contributed by atoms with Gasteiger partial charge in [-0.3, -0.25) is 0 Å². The van der Waals surface area contributed by atoms with E-state index in [2.05, 4.69) is 31.0 Å². The smallest absolute Gasteiger partial charge is 0.208 e. The monoisotopic (exact) mass is 125 g/mol. The van der Waals surface area contributed by atoms with E-state index < -0.39 is 0 Å². The summed E-state index contributed by atoms with van der Waals surface area (Å²) in [7, 11) is 0. The van der Waals surface area contributed by atoms with Gasteiger partial charge in [-0.15, -0.1) is 10.6 Å². The summed E-state index contributed by atoms with van der Waals surface area (Å²) in [6.45, 7) is 0. The van der Waals surface area contributed by atoms with Crippen molar-refractivity contribution >= 4 is 5.82 Å². The number of hydrogen-bond donors (Lipinski definition) is 2. The van der Waals surface area contributed by atoms with Crippen molar-refractivity contribution in [2.24, 2.45) is 5.22 Å². The average Bonchev–Trinajstić information content (AvgIpc) is 2.34. The predicted octanol–water partition coefficient (Wildman–Crippen LogP) is 0.442. The second-order valence-electron chi connectivity index (χ2n) is 1.16. The molecule has 0 atom stereocenters. The Morgan fingerprint density at radius 1 is 1.89 bits per heavy atom. The first-order valence-electron chi connectivity index (χ1n) is 2.09. The largest absolute Gasteiger partial charge is 0.260 e. The van der Waals surface area contributed by atoms with Crippen LogP contribution in [0, 0.1) is 0 Å². The van der Waals surface area contributed by atoms with Gasteiger partial charge in [0.2, 0.25) is 0 Å². The summed E-state index contributed by atoms with van der Waals surface area (Å²) in [5, 5.41) is 12.3. The Hall–Kier alpha value is -1.75. The SMILES string of the molecule is [N-]=[N+]=NNc1cn[nH]n1. The zero-order valence-electron chi connectivity index (χ0n) is 4.31. The highest BCUT2D eigenvalue weighted by molar-refractivity contribution is 5.26. The fourth-order valence-corrected chi connectivity index (χ4v) is 0.329. The summed E-state index contributed by atoms with van der Waals surface area (Å²) in [6, 6.07) is 0. The molecule has 1 rings (SSSR count). The molecule has 2 N–H and O–H groups in total. The lowest BCUT2D eigenvalue weighted by Crippen LogP contribution is -1.83. The van der Waals surface area contributed by atoms with Crippen molar-refractivity contribution in [3.05, 3.63) is 16.6 Å². The molecule has 0 saturated heterocycles. The van der Waals surface area contributed by atoms with Crippen LogP contribution < -0.4 is 5.43 Å². The molecule has 1 aromatic heterocycles. The number of H-pyrrole nitrogens is 1. The molecule has 1 aromatic rings. The summed E-state index contributed by atoms with van der Waals surface area (Å²) >= 11 is 0. The van der Waals surface area contributed by atoms with E-state index in [1.165, 1.54) is 6.20 Å². The van der Waals surface area contributed by atoms with Gasteiger partial charge in [-0.05, 0) is 5.22 Å². The lowest BCUT2D eigenvalue weighted by atomic mass is 10.8. The minimum absolute atomic E-state index is 0.396. The molecular weight excluding hydrogens is 122 g/mol. The van der Waals surface area contributed by atoms with E-state index in [0.717, 1.165) is 0 Å². The van der Waals surface area contributed by atoms with Crippen molar-refractivity contribution < 1.29 is 0 Å². The van der Waals surface area contributed by atoms with Gasteiger partial charge in [0.25, 0.3) is 5.82 Å². The lowest BCUT2D eigenvalue weighted by Gasteiger charge is -1.79. The van der Waals surface area contributed by atoms with E-state index in [4.69, 9.17) is 5.53 Å². The quantitative estimate of drug-likeness (QED) is 0.259. The number of azide groups is 1. The molecule has 0 aliphatic rings. The second kappa shape index (κ2) is 2.53. The Kier molecular flexibility index (Phi) is 1.52. The van der Waals surface area contributed by atoms with Gasteiger partial charge >= 0.3 is 0 Å². The minimum Gasteiger partial charge on any atom is -0.208 e. The summed E-state index contributed by atoms with van der Waals surface area (Å²) in [4.78, 5) is 2.44. The molecule has 46 valence electrons. The Bertz CT molecular complexity index is 205. The Morgan fingerprint density at radius 2 is 2.78 bits per heavy atom. The Balaban J connectivity index is 2.57. The van der Waals surface area contributed by atoms with E-state index >= 15 is 0 Å². The summed E-state index contributed by atoms with van der Waals surface area (Å²) in [5.41, 5.74) is 10.1. The molecule has 0 amide bonds. The average molecular weight is 125 g/mol. The van der Waals surface area contributed by atoms with E-state index in [1.54, 1.807) is 0 Å². The number of hydrogen-bond acceptors (Lipinski definition) is 3. The summed E-state index contributed by atoms with van der Waals surface area (Å²) < 4.78 is 0. The van der Waals surface area contributed by atoms with Gasteiger partial charge in [0.1, 0.15) is 6.20 Å². The van der Waals surface area contributed by atoms with Crippen molar-refractivity contribution in [1.29, 1.82) is 0 Å². The lowest BCUT2D eigenvalue weighted by molar-refractivity contribution is 0.939. The van der Waals surface area contributed by atoms with Crippen molar-refractivity contribution in [2.45, 2.75) is 0 Å². The third kappa shape index (κ3) is 1.32. The molecule has 0 fully saturated rings. The van der Waals surface area contributed by atoms with Crippen molar-refractivity contribution in [1.82, 2.24) is 15.4 Å². The standard InChI is InChI=1S/C2H3N7/c3-7-9-6-2-1-4-8-5-2/h1H,(H2,4,5,6,8). The van der Waals surface area contributed by atoms with Crippen LogP contribution in [0.1, 0.15) is 0 Å². The van der Waals surface area contributed by atoms with Gasteiger partial charge in [0.05, 0.1) is 0 Å². The van der Waals surface area contributed by atoms with E-state index in [1.807, 2.05) is 0 Å². The number of aromatic amines is 1. The van der Waals surface area contributed by atoms with E-state index in [9.17, 15) is 0 Å². The van der Waals surface area contributed by atoms with Crippen LogP contribution in [0.15, 0.2) is 11.4 Å². The second-order valence-corrected chi connectivity index (χ2v) is 1.16. The Morgan fingerprint density at radius 3 is 3.33 bits per heavy atom. The maximum absolute atomic E-state index is 7.80. The predicted molar refractivity (Wildman–Crippen MR) is 29.2 cm³/mol. The van der Waals surface area contributed by atoms with Gasteiger partial charge in [-0.1, -0.05) is 0 Å². The third-order valence-electron chi connectivity index (χ3n) is 0.624. The van der Waals surface area contributed by atoms with Crippen molar-refractivity contribution in [3.63, 3.8) is 0 Å². The highest BCUT2D eigenvalue weighted by atomic mass is 15.5. The molecule has 9 heavy (non-hydrogen) atoms. The zero-order chi connectivity index (χ0) is 6.53. The molecule has 0 bridgehead atoms. The van der Waals surface area contributed by atoms with Crippen LogP contribution in [-0.4, -0.2) is 15.4 Å². The van der Waals surface area contributed by atoms with Crippen molar-refractivity contribution in [3.8, 4) is 0 Å². The van der Waals surface area contributed by atoms with Gasteiger partial charge in [0, 0.05) is 0 Å². The van der Waals surface area contributed by atoms with Crippen LogP contribution in [0.3, 0.4) is 0 Å². The highest BCUT2D eigenvalue weighted by Crippen LogP contribution is 1.93. The molecule has 0 aliphatic heterocycles. The molecule has 0 unspecified atom stereocenters. The van der Waals surface area contributed by atoms with Crippen LogP contribution in [0.2, 0.25) is 0 Å². The van der Waals surface area contributed by atoms with E-state index in [-0.39, 0.29) is 0 Å². The number of rotatable bonds is 2. The maximum Gasteiger partial charge on any atom is 0.260 e. The van der Waals surface area contributed by atoms with Crippen molar-refractivity contribution in [2.75, 3.05) is 5.43 Å². The molecule has 7 heteroatoms.